The Hall–Kier alpha value is -3.14. The van der Waals surface area contributed by atoms with E-state index < -0.39 is 28.1 Å². The Kier molecular flexibility index (Phi) is 6.17. The molecule has 0 radical (unpaired) electrons. The summed E-state index contributed by atoms with van der Waals surface area (Å²) in [6, 6.07) is -0.0489. The van der Waals surface area contributed by atoms with Crippen LogP contribution < -0.4 is 9.47 Å². The summed E-state index contributed by atoms with van der Waals surface area (Å²) in [5.74, 6) is -1.13. The van der Waals surface area contributed by atoms with Crippen LogP contribution in [0, 0.1) is 0 Å². The standard InChI is InChI=1S/C19H25N3O7/c1-7-8-29-21-12-10-22(18(25)26,19(2,3)4)15(17(23)24)11-9-13(27-5)20-16(28-6)14(11)12/h7,9,15H,1,8,10H2,2-6H3,(H-,23,24,25,26)/p+1. The number of quaternary nitrogens is 1. The Bertz CT molecular complexity index is 860. The van der Waals surface area contributed by atoms with Crippen molar-refractivity contribution in [2.75, 3.05) is 27.4 Å². The topological polar surface area (TPSA) is 128 Å². The molecule has 10 heteroatoms. The SMILES string of the molecule is C=CCON=C1C[N+](C(=O)O)(C(C)(C)C)C(C(=O)O)c2cc(OC)nc(OC)c21. The fourth-order valence-electron chi connectivity index (χ4n) is 3.57. The zero-order valence-electron chi connectivity index (χ0n) is 17.1. The van der Waals surface area contributed by atoms with E-state index in [1.807, 2.05) is 0 Å². The van der Waals surface area contributed by atoms with Gasteiger partial charge in [-0.15, -0.1) is 0 Å². The second kappa shape index (κ2) is 8.08. The number of fused-ring (bicyclic) bond motifs is 1. The molecule has 2 unspecified atom stereocenters. The molecule has 2 rings (SSSR count). The maximum absolute atomic E-state index is 12.6. The number of aromatic nitrogens is 1. The Labute approximate surface area is 168 Å². The van der Waals surface area contributed by atoms with Crippen LogP contribution in [0.5, 0.6) is 11.8 Å². The Balaban J connectivity index is 2.96. The second-order valence-corrected chi connectivity index (χ2v) is 7.48. The zero-order valence-corrected chi connectivity index (χ0v) is 17.1. The van der Waals surface area contributed by atoms with Gasteiger partial charge in [0.25, 0.3) is 0 Å². The number of pyridine rings is 1. The average Bonchev–Trinajstić information content (AvgIpc) is 2.64. The van der Waals surface area contributed by atoms with Crippen molar-refractivity contribution < 1.29 is 38.6 Å². The lowest BCUT2D eigenvalue weighted by atomic mass is 9.84. The molecule has 0 aliphatic carbocycles. The smallest absolute Gasteiger partial charge is 0.481 e. The van der Waals surface area contributed by atoms with Gasteiger partial charge in [-0.1, -0.05) is 17.8 Å². The molecule has 29 heavy (non-hydrogen) atoms. The molecule has 2 atom stereocenters. The molecule has 1 aliphatic heterocycles. The molecule has 2 heterocycles. The van der Waals surface area contributed by atoms with Crippen LogP contribution in [0.25, 0.3) is 0 Å². The molecule has 0 bridgehead atoms. The number of ether oxygens (including phenoxy) is 2. The van der Waals surface area contributed by atoms with E-state index in [-0.39, 0.29) is 41.8 Å². The van der Waals surface area contributed by atoms with Crippen LogP contribution in [0.3, 0.4) is 0 Å². The Morgan fingerprint density at radius 2 is 2.00 bits per heavy atom. The van der Waals surface area contributed by atoms with E-state index >= 15 is 0 Å². The van der Waals surface area contributed by atoms with Crippen molar-refractivity contribution in [1.82, 2.24) is 4.98 Å². The fraction of sp³-hybridized carbons (Fsp3) is 0.474. The van der Waals surface area contributed by atoms with Gasteiger partial charge in [0.15, 0.2) is 0 Å². The van der Waals surface area contributed by atoms with Gasteiger partial charge < -0.3 is 24.5 Å². The third-order valence-corrected chi connectivity index (χ3v) is 4.96. The van der Waals surface area contributed by atoms with Crippen LogP contribution in [0.1, 0.15) is 37.9 Å². The number of nitrogens with zero attached hydrogens (tertiary/aromatic N) is 3. The molecular weight excluding hydrogens is 382 g/mol. The third kappa shape index (κ3) is 3.63. The highest BCUT2D eigenvalue weighted by Gasteiger charge is 2.62. The van der Waals surface area contributed by atoms with Crippen molar-refractivity contribution >= 4 is 17.8 Å². The molecule has 10 nitrogen and oxygen atoms in total. The van der Waals surface area contributed by atoms with Gasteiger partial charge in [0, 0.05) is 11.6 Å². The molecule has 1 aliphatic rings. The summed E-state index contributed by atoms with van der Waals surface area (Å²) in [6.45, 7) is 8.40. The van der Waals surface area contributed by atoms with E-state index in [4.69, 9.17) is 14.3 Å². The van der Waals surface area contributed by atoms with Crippen LogP contribution in [0.4, 0.5) is 4.79 Å². The van der Waals surface area contributed by atoms with Crippen molar-refractivity contribution in [3.05, 3.63) is 29.8 Å². The summed E-state index contributed by atoms with van der Waals surface area (Å²) in [4.78, 5) is 34.4. The minimum atomic E-state index is -1.45. The average molecular weight is 408 g/mol. The first-order valence-electron chi connectivity index (χ1n) is 8.82. The molecular formula is C19H26N3O7+. The highest BCUT2D eigenvalue weighted by molar-refractivity contribution is 6.07. The molecule has 0 saturated carbocycles. The van der Waals surface area contributed by atoms with Crippen LogP contribution in [0.15, 0.2) is 23.9 Å². The molecule has 0 fully saturated rings. The van der Waals surface area contributed by atoms with E-state index in [1.54, 1.807) is 20.8 Å². The van der Waals surface area contributed by atoms with Crippen molar-refractivity contribution in [2.45, 2.75) is 32.4 Å². The van der Waals surface area contributed by atoms with Gasteiger partial charge in [-0.05, 0) is 20.8 Å². The van der Waals surface area contributed by atoms with Crippen molar-refractivity contribution in [3.63, 3.8) is 0 Å². The predicted octanol–water partition coefficient (Wildman–Crippen LogP) is 2.44. The summed E-state index contributed by atoms with van der Waals surface area (Å²) in [5.41, 5.74) is -0.339. The van der Waals surface area contributed by atoms with E-state index in [2.05, 4.69) is 16.7 Å². The van der Waals surface area contributed by atoms with Gasteiger partial charge in [-0.3, -0.25) is 0 Å². The van der Waals surface area contributed by atoms with E-state index in [0.29, 0.717) is 0 Å². The predicted molar refractivity (Wildman–Crippen MR) is 103 cm³/mol. The van der Waals surface area contributed by atoms with Crippen LogP contribution >= 0.6 is 0 Å². The summed E-state index contributed by atoms with van der Waals surface area (Å²) >= 11 is 0. The number of carbonyl (C=O) groups is 2. The first-order chi connectivity index (χ1) is 13.5. The number of amides is 1. The first-order valence-corrected chi connectivity index (χ1v) is 8.82. The second-order valence-electron chi connectivity index (χ2n) is 7.48. The molecule has 158 valence electrons. The third-order valence-electron chi connectivity index (χ3n) is 4.96. The van der Waals surface area contributed by atoms with E-state index in [9.17, 15) is 19.8 Å². The minimum Gasteiger partial charge on any atom is -0.481 e. The lowest BCUT2D eigenvalue weighted by molar-refractivity contribution is -0.917. The van der Waals surface area contributed by atoms with Crippen molar-refractivity contribution in [2.24, 2.45) is 5.16 Å². The quantitative estimate of drug-likeness (QED) is 0.318. The number of hydrogen-bond acceptors (Lipinski definition) is 7. The monoisotopic (exact) mass is 408 g/mol. The Morgan fingerprint density at radius 3 is 2.45 bits per heavy atom. The number of carboxylic acid groups (broad SMARTS) is 2. The maximum Gasteiger partial charge on any atom is 0.515 e. The summed E-state index contributed by atoms with van der Waals surface area (Å²) < 4.78 is 9.68. The molecule has 1 aromatic rings. The molecule has 1 amide bonds. The molecule has 0 spiro atoms. The summed E-state index contributed by atoms with van der Waals surface area (Å²) in [6.07, 6.45) is 0.183. The summed E-state index contributed by atoms with van der Waals surface area (Å²) in [5, 5.41) is 24.4. The van der Waals surface area contributed by atoms with Gasteiger partial charge >= 0.3 is 12.1 Å². The normalized spacial score (nSPS) is 22.5. The summed E-state index contributed by atoms with van der Waals surface area (Å²) in [7, 11) is 2.75. The highest BCUT2D eigenvalue weighted by Crippen LogP contribution is 2.46. The zero-order chi connectivity index (χ0) is 22.0. The maximum atomic E-state index is 12.6. The van der Waals surface area contributed by atoms with Gasteiger partial charge in [0.2, 0.25) is 17.8 Å². The van der Waals surface area contributed by atoms with Gasteiger partial charge in [0.1, 0.15) is 24.4 Å². The lowest BCUT2D eigenvalue weighted by Gasteiger charge is -2.49. The van der Waals surface area contributed by atoms with Crippen LogP contribution in [0.2, 0.25) is 0 Å². The number of oxime groups is 1. The molecule has 1 aromatic heterocycles. The largest absolute Gasteiger partial charge is 0.515 e. The number of aliphatic carboxylic acids is 1. The number of rotatable bonds is 6. The molecule has 0 saturated heterocycles. The Morgan fingerprint density at radius 1 is 1.34 bits per heavy atom. The van der Waals surface area contributed by atoms with Gasteiger partial charge in [-0.25, -0.2) is 4.79 Å². The molecule has 2 N–H and O–H groups in total. The lowest BCUT2D eigenvalue weighted by Crippen LogP contribution is -2.69. The first kappa shape index (κ1) is 22.2. The fourth-order valence-corrected chi connectivity index (χ4v) is 3.57. The highest BCUT2D eigenvalue weighted by atomic mass is 16.6. The van der Waals surface area contributed by atoms with Crippen molar-refractivity contribution in [1.29, 1.82) is 0 Å². The van der Waals surface area contributed by atoms with E-state index in [0.717, 1.165) is 0 Å². The van der Waals surface area contributed by atoms with Gasteiger partial charge in [-0.2, -0.15) is 14.3 Å². The number of hydrogen-bond donors (Lipinski definition) is 2. The minimum absolute atomic E-state index is 0.0728. The van der Waals surface area contributed by atoms with E-state index in [1.165, 1.54) is 26.4 Å². The number of methoxy groups -OCH3 is 2. The van der Waals surface area contributed by atoms with Crippen LogP contribution in [-0.2, 0) is 9.63 Å². The van der Waals surface area contributed by atoms with Gasteiger partial charge in [0.05, 0.1) is 19.8 Å². The molecule has 0 aromatic carbocycles. The van der Waals surface area contributed by atoms with Crippen molar-refractivity contribution in [3.8, 4) is 11.8 Å². The van der Waals surface area contributed by atoms with Crippen LogP contribution in [-0.4, -0.2) is 70.4 Å². The number of carboxylic acids is 1.